The molecule has 0 aliphatic rings. The van der Waals surface area contributed by atoms with Crippen LogP contribution in [0.2, 0.25) is 5.02 Å². The molecule has 1 rings (SSSR count). The van der Waals surface area contributed by atoms with E-state index in [9.17, 15) is 0 Å². The van der Waals surface area contributed by atoms with E-state index < -0.39 is 0 Å². The first-order valence-corrected chi connectivity index (χ1v) is 6.76. The Morgan fingerprint density at radius 2 is 2.06 bits per heavy atom. The Kier molecular flexibility index (Phi) is 6.38. The highest BCUT2D eigenvalue weighted by atomic mass is 35.5. The molecule has 2 nitrogen and oxygen atoms in total. The molecule has 17 heavy (non-hydrogen) atoms. The first-order valence-electron chi connectivity index (χ1n) is 6.38. The van der Waals surface area contributed by atoms with Crippen molar-refractivity contribution in [1.29, 1.82) is 0 Å². The van der Waals surface area contributed by atoms with Crippen LogP contribution in [0.15, 0.2) is 18.2 Å². The summed E-state index contributed by atoms with van der Waals surface area (Å²) >= 11 is 6.02. The van der Waals surface area contributed by atoms with Crippen LogP contribution in [0.4, 0.5) is 5.69 Å². The van der Waals surface area contributed by atoms with E-state index in [0.717, 1.165) is 18.0 Å². The van der Waals surface area contributed by atoms with Gasteiger partial charge < -0.3 is 10.6 Å². The van der Waals surface area contributed by atoms with Crippen molar-refractivity contribution < 1.29 is 0 Å². The molecule has 0 aliphatic heterocycles. The Morgan fingerprint density at radius 1 is 1.29 bits per heavy atom. The number of benzene rings is 1. The lowest BCUT2D eigenvalue weighted by Crippen LogP contribution is -2.20. The zero-order valence-electron chi connectivity index (χ0n) is 10.9. The molecule has 3 heteroatoms. The molecule has 0 amide bonds. The van der Waals surface area contributed by atoms with Crippen molar-refractivity contribution >= 4 is 17.3 Å². The highest BCUT2D eigenvalue weighted by molar-refractivity contribution is 6.30. The van der Waals surface area contributed by atoms with Gasteiger partial charge in [0.05, 0.1) is 0 Å². The van der Waals surface area contributed by atoms with Crippen molar-refractivity contribution in [2.75, 3.05) is 25.0 Å². The number of rotatable bonds is 7. The zero-order valence-corrected chi connectivity index (χ0v) is 11.6. The molecule has 0 aromatic heterocycles. The predicted molar refractivity (Wildman–Crippen MR) is 77.0 cm³/mol. The number of halogens is 1. The largest absolute Gasteiger partial charge is 0.374 e. The number of nitrogens with zero attached hydrogens (tertiary/aromatic N) is 1. The second-order valence-corrected chi connectivity index (χ2v) is 4.88. The van der Waals surface area contributed by atoms with Gasteiger partial charge in [-0.15, -0.1) is 0 Å². The molecule has 0 saturated heterocycles. The minimum absolute atomic E-state index is 0.663. The Hall–Kier alpha value is -0.730. The standard InChI is InChI=1S/C14H23ClN2/c1-3-4-5-10-17(2)14-7-6-13(15)11-12(14)8-9-16/h6-7,11H,3-5,8-10,16H2,1-2H3. The summed E-state index contributed by atoms with van der Waals surface area (Å²) in [5, 5.41) is 0.791. The fourth-order valence-corrected chi connectivity index (χ4v) is 2.20. The lowest BCUT2D eigenvalue weighted by atomic mass is 10.1. The Morgan fingerprint density at radius 3 is 2.71 bits per heavy atom. The first kappa shape index (κ1) is 14.3. The van der Waals surface area contributed by atoms with Gasteiger partial charge in [0.15, 0.2) is 0 Å². The predicted octanol–water partition coefficient (Wildman–Crippen LogP) is 3.47. The van der Waals surface area contributed by atoms with E-state index in [0.29, 0.717) is 6.54 Å². The molecule has 0 heterocycles. The summed E-state index contributed by atoms with van der Waals surface area (Å²) in [6.45, 7) is 3.98. The maximum atomic E-state index is 6.02. The number of anilines is 1. The molecule has 0 spiro atoms. The zero-order chi connectivity index (χ0) is 12.7. The fraction of sp³-hybridized carbons (Fsp3) is 0.571. The van der Waals surface area contributed by atoms with Crippen LogP contribution in [0.1, 0.15) is 31.7 Å². The maximum Gasteiger partial charge on any atom is 0.0410 e. The fourth-order valence-electron chi connectivity index (χ4n) is 2.00. The summed E-state index contributed by atoms with van der Waals surface area (Å²) < 4.78 is 0. The lowest BCUT2D eigenvalue weighted by molar-refractivity contribution is 0.703. The molecule has 96 valence electrons. The van der Waals surface area contributed by atoms with Crippen molar-refractivity contribution in [3.63, 3.8) is 0 Å². The van der Waals surface area contributed by atoms with Gasteiger partial charge in [0.2, 0.25) is 0 Å². The van der Waals surface area contributed by atoms with Crippen LogP contribution in [0.3, 0.4) is 0 Å². The molecule has 0 saturated carbocycles. The highest BCUT2D eigenvalue weighted by Gasteiger charge is 2.07. The monoisotopic (exact) mass is 254 g/mol. The van der Waals surface area contributed by atoms with Gasteiger partial charge in [-0.3, -0.25) is 0 Å². The van der Waals surface area contributed by atoms with Crippen LogP contribution in [0.25, 0.3) is 0 Å². The lowest BCUT2D eigenvalue weighted by Gasteiger charge is -2.22. The maximum absolute atomic E-state index is 6.02. The second-order valence-electron chi connectivity index (χ2n) is 4.44. The van der Waals surface area contributed by atoms with Crippen LogP contribution < -0.4 is 10.6 Å². The molecule has 1 aromatic carbocycles. The summed E-state index contributed by atoms with van der Waals surface area (Å²) in [5.41, 5.74) is 8.15. The van der Waals surface area contributed by atoms with E-state index in [-0.39, 0.29) is 0 Å². The molecule has 0 atom stereocenters. The number of hydrogen-bond acceptors (Lipinski definition) is 2. The molecule has 0 unspecified atom stereocenters. The van der Waals surface area contributed by atoms with Crippen molar-refractivity contribution in [2.45, 2.75) is 32.6 Å². The van der Waals surface area contributed by atoms with Gasteiger partial charge >= 0.3 is 0 Å². The summed E-state index contributed by atoms with van der Waals surface area (Å²) in [6.07, 6.45) is 4.65. The summed E-state index contributed by atoms with van der Waals surface area (Å²) in [4.78, 5) is 2.30. The third kappa shape index (κ3) is 4.57. The molecular weight excluding hydrogens is 232 g/mol. The van der Waals surface area contributed by atoms with E-state index in [1.807, 2.05) is 12.1 Å². The van der Waals surface area contributed by atoms with Crippen LogP contribution in [0.5, 0.6) is 0 Å². The van der Waals surface area contributed by atoms with Gasteiger partial charge in [-0.25, -0.2) is 0 Å². The van der Waals surface area contributed by atoms with Crippen molar-refractivity contribution in [3.8, 4) is 0 Å². The van der Waals surface area contributed by atoms with Gasteiger partial charge in [0, 0.05) is 24.3 Å². The molecule has 0 radical (unpaired) electrons. The Balaban J connectivity index is 2.73. The summed E-state index contributed by atoms with van der Waals surface area (Å²) in [5.74, 6) is 0. The van der Waals surface area contributed by atoms with Gasteiger partial charge in [0.1, 0.15) is 0 Å². The van der Waals surface area contributed by atoms with Gasteiger partial charge in [-0.1, -0.05) is 31.4 Å². The Bertz CT molecular complexity index is 339. The van der Waals surface area contributed by atoms with E-state index in [2.05, 4.69) is 24.9 Å². The number of unbranched alkanes of at least 4 members (excludes halogenated alkanes) is 2. The van der Waals surface area contributed by atoms with E-state index in [1.54, 1.807) is 0 Å². The average Bonchev–Trinajstić information content (AvgIpc) is 2.30. The van der Waals surface area contributed by atoms with E-state index >= 15 is 0 Å². The average molecular weight is 255 g/mol. The quantitative estimate of drug-likeness (QED) is 0.755. The molecule has 0 bridgehead atoms. The SMILES string of the molecule is CCCCCN(C)c1ccc(Cl)cc1CCN. The number of nitrogens with two attached hydrogens (primary N) is 1. The van der Waals surface area contributed by atoms with Gasteiger partial charge in [0.25, 0.3) is 0 Å². The molecule has 0 aliphatic carbocycles. The van der Waals surface area contributed by atoms with Crippen LogP contribution >= 0.6 is 11.6 Å². The van der Waals surface area contributed by atoms with E-state index in [4.69, 9.17) is 17.3 Å². The van der Waals surface area contributed by atoms with Crippen LogP contribution in [-0.2, 0) is 6.42 Å². The van der Waals surface area contributed by atoms with Crippen molar-refractivity contribution in [2.24, 2.45) is 5.73 Å². The Labute approximate surface area is 110 Å². The minimum Gasteiger partial charge on any atom is -0.374 e. The van der Waals surface area contributed by atoms with Crippen LogP contribution in [-0.4, -0.2) is 20.1 Å². The minimum atomic E-state index is 0.663. The van der Waals surface area contributed by atoms with E-state index in [1.165, 1.54) is 30.5 Å². The molecule has 0 fully saturated rings. The summed E-state index contributed by atoms with van der Waals surface area (Å²) in [7, 11) is 2.14. The van der Waals surface area contributed by atoms with Crippen molar-refractivity contribution in [1.82, 2.24) is 0 Å². The van der Waals surface area contributed by atoms with Gasteiger partial charge in [-0.2, -0.15) is 0 Å². The van der Waals surface area contributed by atoms with Crippen molar-refractivity contribution in [3.05, 3.63) is 28.8 Å². The summed E-state index contributed by atoms with van der Waals surface area (Å²) in [6, 6.07) is 6.08. The van der Waals surface area contributed by atoms with Crippen LogP contribution in [0, 0.1) is 0 Å². The number of hydrogen-bond donors (Lipinski definition) is 1. The third-order valence-electron chi connectivity index (χ3n) is 2.96. The molecule has 2 N–H and O–H groups in total. The molecule has 1 aromatic rings. The van der Waals surface area contributed by atoms with Gasteiger partial charge in [-0.05, 0) is 43.1 Å². The smallest absolute Gasteiger partial charge is 0.0410 e. The first-order chi connectivity index (χ1) is 8.19. The topological polar surface area (TPSA) is 29.3 Å². The third-order valence-corrected chi connectivity index (χ3v) is 3.20. The molecular formula is C14H23ClN2. The second kappa shape index (κ2) is 7.57. The highest BCUT2D eigenvalue weighted by Crippen LogP contribution is 2.24. The normalized spacial score (nSPS) is 10.6.